The average molecular weight is 258 g/mol. The average Bonchev–Trinajstić information content (AvgIpc) is 2.69. The van der Waals surface area contributed by atoms with Crippen LogP contribution in [-0.2, 0) is 4.74 Å². The Labute approximate surface area is 112 Å². The summed E-state index contributed by atoms with van der Waals surface area (Å²) in [5.41, 5.74) is -0.419. The first-order valence-corrected chi connectivity index (χ1v) is 7.09. The molecule has 1 atom stereocenters. The summed E-state index contributed by atoms with van der Waals surface area (Å²) < 4.78 is 5.20. The fourth-order valence-electron chi connectivity index (χ4n) is 1.91. The SMILES string of the molecule is CC.C[C@@H](CN1CCCC1)NC(=O)OC(C)(C)C. The van der Waals surface area contributed by atoms with Crippen molar-refractivity contribution in [1.82, 2.24) is 10.2 Å². The molecule has 1 N–H and O–H groups in total. The topological polar surface area (TPSA) is 41.6 Å². The third kappa shape index (κ3) is 8.34. The number of amides is 1. The number of alkyl carbamates (subject to hydrolysis) is 1. The second-order valence-electron chi connectivity index (χ2n) is 5.55. The van der Waals surface area contributed by atoms with Crippen LogP contribution in [0.25, 0.3) is 0 Å². The summed E-state index contributed by atoms with van der Waals surface area (Å²) in [7, 11) is 0. The highest BCUT2D eigenvalue weighted by atomic mass is 16.6. The van der Waals surface area contributed by atoms with E-state index in [2.05, 4.69) is 10.2 Å². The zero-order valence-electron chi connectivity index (χ0n) is 12.9. The molecule has 4 heteroatoms. The maximum absolute atomic E-state index is 11.5. The van der Waals surface area contributed by atoms with Crippen molar-refractivity contribution in [2.24, 2.45) is 0 Å². The lowest BCUT2D eigenvalue weighted by atomic mass is 10.2. The van der Waals surface area contributed by atoms with Gasteiger partial charge in [0.15, 0.2) is 0 Å². The predicted molar refractivity (Wildman–Crippen MR) is 75.9 cm³/mol. The molecule has 1 amide bonds. The Bertz CT molecular complexity index is 230. The monoisotopic (exact) mass is 258 g/mol. The Morgan fingerprint density at radius 1 is 1.28 bits per heavy atom. The predicted octanol–water partition coefficient (Wildman–Crippen LogP) is 3.02. The van der Waals surface area contributed by atoms with E-state index in [4.69, 9.17) is 4.74 Å². The van der Waals surface area contributed by atoms with Crippen LogP contribution >= 0.6 is 0 Å². The molecular formula is C14H30N2O2. The van der Waals surface area contributed by atoms with Gasteiger partial charge in [0.2, 0.25) is 0 Å². The maximum atomic E-state index is 11.5. The molecule has 0 bridgehead atoms. The molecule has 0 radical (unpaired) electrons. The van der Waals surface area contributed by atoms with E-state index in [0.29, 0.717) is 0 Å². The van der Waals surface area contributed by atoms with Crippen LogP contribution in [0.3, 0.4) is 0 Å². The zero-order chi connectivity index (χ0) is 14.2. The van der Waals surface area contributed by atoms with Crippen molar-refractivity contribution in [1.29, 1.82) is 0 Å². The van der Waals surface area contributed by atoms with Crippen LogP contribution in [-0.4, -0.2) is 42.3 Å². The van der Waals surface area contributed by atoms with E-state index >= 15 is 0 Å². The third-order valence-electron chi connectivity index (χ3n) is 2.49. The molecule has 1 rings (SSSR count). The highest BCUT2D eigenvalue weighted by molar-refractivity contribution is 5.68. The lowest BCUT2D eigenvalue weighted by Crippen LogP contribution is -2.43. The van der Waals surface area contributed by atoms with E-state index in [1.165, 1.54) is 12.8 Å². The largest absolute Gasteiger partial charge is 0.444 e. The molecule has 1 fully saturated rings. The van der Waals surface area contributed by atoms with Gasteiger partial charge in [-0.3, -0.25) is 0 Å². The number of rotatable bonds is 3. The van der Waals surface area contributed by atoms with Gasteiger partial charge < -0.3 is 15.0 Å². The number of nitrogens with zero attached hydrogens (tertiary/aromatic N) is 1. The summed E-state index contributed by atoms with van der Waals surface area (Å²) in [4.78, 5) is 13.9. The third-order valence-corrected chi connectivity index (χ3v) is 2.49. The molecule has 4 nitrogen and oxygen atoms in total. The smallest absolute Gasteiger partial charge is 0.407 e. The second kappa shape index (κ2) is 8.35. The van der Waals surface area contributed by atoms with Gasteiger partial charge in [-0.1, -0.05) is 13.8 Å². The Hall–Kier alpha value is -0.770. The van der Waals surface area contributed by atoms with Gasteiger partial charge in [0, 0.05) is 12.6 Å². The van der Waals surface area contributed by atoms with Crippen LogP contribution in [0.5, 0.6) is 0 Å². The van der Waals surface area contributed by atoms with Gasteiger partial charge in [-0.25, -0.2) is 4.79 Å². The summed E-state index contributed by atoms with van der Waals surface area (Å²) in [6.07, 6.45) is 2.23. The highest BCUT2D eigenvalue weighted by Crippen LogP contribution is 2.09. The molecule has 1 aliphatic rings. The van der Waals surface area contributed by atoms with Crippen LogP contribution in [0.1, 0.15) is 54.4 Å². The van der Waals surface area contributed by atoms with Crippen molar-refractivity contribution >= 4 is 6.09 Å². The van der Waals surface area contributed by atoms with E-state index in [0.717, 1.165) is 19.6 Å². The molecule has 0 aromatic heterocycles. The molecule has 0 saturated carbocycles. The van der Waals surface area contributed by atoms with E-state index in [9.17, 15) is 4.79 Å². The van der Waals surface area contributed by atoms with Gasteiger partial charge in [0.25, 0.3) is 0 Å². The number of likely N-dealkylation sites (tertiary alicyclic amines) is 1. The number of carbonyl (C=O) groups excluding carboxylic acids is 1. The van der Waals surface area contributed by atoms with E-state index < -0.39 is 5.60 Å². The van der Waals surface area contributed by atoms with Crippen molar-refractivity contribution in [3.63, 3.8) is 0 Å². The fraction of sp³-hybridized carbons (Fsp3) is 0.929. The second-order valence-corrected chi connectivity index (χ2v) is 5.55. The van der Waals surface area contributed by atoms with Gasteiger partial charge in [0.05, 0.1) is 0 Å². The van der Waals surface area contributed by atoms with Crippen LogP contribution in [0.2, 0.25) is 0 Å². The van der Waals surface area contributed by atoms with Crippen LogP contribution < -0.4 is 5.32 Å². The van der Waals surface area contributed by atoms with Gasteiger partial charge in [0.1, 0.15) is 5.60 Å². The molecule has 18 heavy (non-hydrogen) atoms. The molecule has 1 saturated heterocycles. The minimum absolute atomic E-state index is 0.146. The van der Waals surface area contributed by atoms with Gasteiger partial charge >= 0.3 is 6.09 Å². The highest BCUT2D eigenvalue weighted by Gasteiger charge is 2.19. The van der Waals surface area contributed by atoms with Crippen molar-refractivity contribution in [2.45, 2.75) is 66.0 Å². The Kier molecular flexibility index (Phi) is 8.00. The normalized spacial score (nSPS) is 17.7. The van der Waals surface area contributed by atoms with Crippen molar-refractivity contribution in [3.8, 4) is 0 Å². The van der Waals surface area contributed by atoms with Crippen molar-refractivity contribution in [3.05, 3.63) is 0 Å². The van der Waals surface area contributed by atoms with Crippen LogP contribution in [0, 0.1) is 0 Å². The summed E-state index contributed by atoms with van der Waals surface area (Å²) in [6, 6.07) is 0.146. The molecule has 1 heterocycles. The maximum Gasteiger partial charge on any atom is 0.407 e. The first-order chi connectivity index (χ1) is 8.37. The number of hydrogen-bond donors (Lipinski definition) is 1. The first kappa shape index (κ1) is 17.2. The van der Waals surface area contributed by atoms with Gasteiger partial charge in [-0.05, 0) is 53.6 Å². The lowest BCUT2D eigenvalue weighted by Gasteiger charge is -2.24. The summed E-state index contributed by atoms with van der Waals surface area (Å²) >= 11 is 0. The van der Waals surface area contributed by atoms with Crippen LogP contribution in [0.4, 0.5) is 4.79 Å². The molecule has 1 aliphatic heterocycles. The van der Waals surface area contributed by atoms with Crippen LogP contribution in [0.15, 0.2) is 0 Å². The lowest BCUT2D eigenvalue weighted by molar-refractivity contribution is 0.0499. The number of carbonyl (C=O) groups is 1. The Morgan fingerprint density at radius 3 is 2.22 bits per heavy atom. The molecule has 0 unspecified atom stereocenters. The zero-order valence-corrected chi connectivity index (χ0v) is 12.9. The van der Waals surface area contributed by atoms with Crippen molar-refractivity contribution in [2.75, 3.05) is 19.6 Å². The molecule has 0 aromatic carbocycles. The first-order valence-electron chi connectivity index (χ1n) is 7.09. The molecule has 108 valence electrons. The molecular weight excluding hydrogens is 228 g/mol. The van der Waals surface area contributed by atoms with E-state index in [-0.39, 0.29) is 12.1 Å². The quantitative estimate of drug-likeness (QED) is 0.846. The molecule has 0 aliphatic carbocycles. The Balaban J connectivity index is 0.00000137. The van der Waals surface area contributed by atoms with Crippen molar-refractivity contribution < 1.29 is 9.53 Å². The fourth-order valence-corrected chi connectivity index (χ4v) is 1.91. The number of nitrogens with one attached hydrogen (secondary N) is 1. The number of hydrogen-bond acceptors (Lipinski definition) is 3. The minimum Gasteiger partial charge on any atom is -0.444 e. The van der Waals surface area contributed by atoms with Gasteiger partial charge in [-0.15, -0.1) is 0 Å². The van der Waals surface area contributed by atoms with E-state index in [1.807, 2.05) is 41.5 Å². The van der Waals surface area contributed by atoms with E-state index in [1.54, 1.807) is 0 Å². The molecule has 0 spiro atoms. The summed E-state index contributed by atoms with van der Waals surface area (Å²) in [6.45, 7) is 14.9. The summed E-state index contributed by atoms with van der Waals surface area (Å²) in [5, 5.41) is 2.86. The molecule has 0 aromatic rings. The standard InChI is InChI=1S/C12H24N2O2.C2H6/c1-10(9-14-7-5-6-8-14)13-11(15)16-12(2,3)4;1-2/h10H,5-9H2,1-4H3,(H,13,15);1-2H3/t10-;/m0./s1. The van der Waals surface area contributed by atoms with Gasteiger partial charge in [-0.2, -0.15) is 0 Å². The number of ether oxygens (including phenoxy) is 1. The Morgan fingerprint density at radius 2 is 1.78 bits per heavy atom. The summed E-state index contributed by atoms with van der Waals surface area (Å²) in [5.74, 6) is 0. The minimum atomic E-state index is -0.419.